The zero-order chi connectivity index (χ0) is 18.2. The summed E-state index contributed by atoms with van der Waals surface area (Å²) in [4.78, 5) is 0. The highest BCUT2D eigenvalue weighted by molar-refractivity contribution is 5.04. The Labute approximate surface area is 165 Å². The Morgan fingerprint density at radius 3 is 1.07 bits per heavy atom. The minimum atomic E-state index is -0.0230. The van der Waals surface area contributed by atoms with Gasteiger partial charge in [-0.05, 0) is 126 Å². The highest BCUT2D eigenvalue weighted by atomic mass is 16.5. The van der Waals surface area contributed by atoms with E-state index in [1.54, 1.807) is 0 Å². The molecule has 0 aliphatic heterocycles. The average Bonchev–Trinajstić information content (AvgIpc) is 2.50. The third-order valence-corrected chi connectivity index (χ3v) is 9.23. The maximum atomic E-state index is 6.70. The molecule has 3 heteroatoms. The monoisotopic (exact) mass is 372 g/mol. The molecule has 0 aromatic carbocycles. The molecule has 1 radical (unpaired) electrons. The van der Waals surface area contributed by atoms with Gasteiger partial charge in [0.15, 0.2) is 0 Å². The summed E-state index contributed by atoms with van der Waals surface area (Å²) in [6.45, 7) is 4.33. The van der Waals surface area contributed by atoms with Gasteiger partial charge in [0.05, 0.1) is 11.2 Å². The van der Waals surface area contributed by atoms with E-state index in [9.17, 15) is 0 Å². The number of hydrogen-bond donors (Lipinski definition) is 0. The summed E-state index contributed by atoms with van der Waals surface area (Å²) in [6.07, 6.45) is 16.6. The fourth-order valence-electron chi connectivity index (χ4n) is 9.43. The fourth-order valence-corrected chi connectivity index (χ4v) is 9.43. The lowest BCUT2D eigenvalue weighted by molar-refractivity contribution is -0.221. The maximum Gasteiger partial charge on any atom is 0.124 e. The van der Waals surface area contributed by atoms with E-state index in [0.717, 1.165) is 35.5 Å². The zero-order valence-corrected chi connectivity index (χ0v) is 17.4. The number of hydrogen-bond acceptors (Lipinski definition) is 2. The second kappa shape index (κ2) is 6.19. The molecule has 27 heavy (non-hydrogen) atoms. The molecule has 0 N–H and O–H groups in total. The van der Waals surface area contributed by atoms with Crippen LogP contribution in [0.25, 0.3) is 0 Å². The highest BCUT2D eigenvalue weighted by Gasteiger charge is 2.54. The molecule has 0 spiro atoms. The SMILES string of the molecule is CC([N]C(C)OC12CC3CC(CC(C3)C1)C2)OC12CC3CC(CC(C3)C1)C2. The first-order valence-corrected chi connectivity index (χ1v) is 12.0. The standard InChI is InChI=1S/C24H38NO2/c1-15(26-23-9-17-3-18(10-23)5-19(4-17)11-23)25-16(2)27-24-12-20-6-21(13-24)8-22(7-20)14-24/h15-22H,3-14H2,1-2H3. The summed E-state index contributed by atoms with van der Waals surface area (Å²) in [7, 11) is 0. The lowest BCUT2D eigenvalue weighted by Gasteiger charge is -2.57. The quantitative estimate of drug-likeness (QED) is 0.637. The second-order valence-electron chi connectivity index (χ2n) is 11.8. The molecule has 8 rings (SSSR count). The molecule has 2 unspecified atom stereocenters. The first kappa shape index (κ1) is 17.7. The predicted molar refractivity (Wildman–Crippen MR) is 105 cm³/mol. The Balaban J connectivity index is 1.07. The molecule has 8 fully saturated rings. The van der Waals surface area contributed by atoms with Gasteiger partial charge in [-0.1, -0.05) is 0 Å². The maximum absolute atomic E-state index is 6.70. The summed E-state index contributed by atoms with van der Waals surface area (Å²) in [5.41, 5.74) is 0.302. The van der Waals surface area contributed by atoms with Crippen LogP contribution in [-0.2, 0) is 9.47 Å². The third-order valence-electron chi connectivity index (χ3n) is 9.23. The van der Waals surface area contributed by atoms with E-state index >= 15 is 0 Å². The van der Waals surface area contributed by atoms with Gasteiger partial charge in [-0.3, -0.25) is 0 Å². The smallest absolute Gasteiger partial charge is 0.124 e. The Kier molecular flexibility index (Phi) is 4.06. The highest BCUT2D eigenvalue weighted by Crippen LogP contribution is 2.58. The predicted octanol–water partition coefficient (Wildman–Crippen LogP) is 5.25. The molecule has 8 aliphatic rings. The van der Waals surface area contributed by atoms with Crippen molar-refractivity contribution in [3.63, 3.8) is 0 Å². The van der Waals surface area contributed by atoms with Crippen LogP contribution >= 0.6 is 0 Å². The summed E-state index contributed by atoms with van der Waals surface area (Å²) in [5.74, 6) is 5.61. The van der Waals surface area contributed by atoms with Gasteiger partial charge in [0.1, 0.15) is 12.5 Å². The van der Waals surface area contributed by atoms with Crippen molar-refractivity contribution in [2.75, 3.05) is 0 Å². The van der Waals surface area contributed by atoms with Crippen LogP contribution < -0.4 is 5.32 Å². The van der Waals surface area contributed by atoms with Crippen LogP contribution in [0.3, 0.4) is 0 Å². The number of ether oxygens (including phenoxy) is 2. The molecule has 0 saturated heterocycles. The van der Waals surface area contributed by atoms with E-state index in [2.05, 4.69) is 13.8 Å². The molecule has 0 aromatic rings. The molecular weight excluding hydrogens is 334 g/mol. The number of nitrogens with zero attached hydrogens (tertiary/aromatic N) is 1. The van der Waals surface area contributed by atoms with E-state index in [1.807, 2.05) is 0 Å². The van der Waals surface area contributed by atoms with Crippen molar-refractivity contribution in [1.82, 2.24) is 5.32 Å². The van der Waals surface area contributed by atoms with Gasteiger partial charge in [-0.25, -0.2) is 0 Å². The molecule has 0 amide bonds. The largest absolute Gasteiger partial charge is 0.356 e. The van der Waals surface area contributed by atoms with Crippen LogP contribution in [0.15, 0.2) is 0 Å². The van der Waals surface area contributed by atoms with Crippen molar-refractivity contribution >= 4 is 0 Å². The average molecular weight is 373 g/mol. The third kappa shape index (κ3) is 3.20. The van der Waals surface area contributed by atoms with Gasteiger partial charge >= 0.3 is 0 Å². The van der Waals surface area contributed by atoms with Crippen molar-refractivity contribution in [2.45, 2.75) is 115 Å². The van der Waals surface area contributed by atoms with Crippen LogP contribution in [0.2, 0.25) is 0 Å². The van der Waals surface area contributed by atoms with Crippen LogP contribution in [0, 0.1) is 35.5 Å². The van der Waals surface area contributed by atoms with E-state index < -0.39 is 0 Å². The minimum absolute atomic E-state index is 0.0230. The minimum Gasteiger partial charge on any atom is -0.356 e. The van der Waals surface area contributed by atoms with E-state index in [0.29, 0.717) is 0 Å². The normalized spacial score (nSPS) is 54.4. The Hall–Kier alpha value is -0.120. The molecule has 151 valence electrons. The molecule has 0 heterocycles. The number of rotatable bonds is 6. The molecular formula is C24H38NO2. The summed E-state index contributed by atoms with van der Waals surface area (Å²) >= 11 is 0. The Bertz CT molecular complexity index is 466. The molecule has 3 nitrogen and oxygen atoms in total. The van der Waals surface area contributed by atoms with Crippen LogP contribution in [0.5, 0.6) is 0 Å². The van der Waals surface area contributed by atoms with Crippen LogP contribution in [0.1, 0.15) is 90.9 Å². The van der Waals surface area contributed by atoms with Crippen molar-refractivity contribution in [3.8, 4) is 0 Å². The van der Waals surface area contributed by atoms with E-state index in [-0.39, 0.29) is 23.7 Å². The van der Waals surface area contributed by atoms with Gasteiger partial charge in [-0.15, -0.1) is 0 Å². The zero-order valence-electron chi connectivity index (χ0n) is 17.4. The lowest BCUT2D eigenvalue weighted by atomic mass is 9.54. The van der Waals surface area contributed by atoms with Gasteiger partial charge < -0.3 is 9.47 Å². The topological polar surface area (TPSA) is 32.6 Å². The van der Waals surface area contributed by atoms with Crippen molar-refractivity contribution in [1.29, 1.82) is 0 Å². The van der Waals surface area contributed by atoms with Gasteiger partial charge in [0.25, 0.3) is 0 Å². The van der Waals surface area contributed by atoms with Crippen molar-refractivity contribution in [3.05, 3.63) is 0 Å². The molecule has 8 saturated carbocycles. The van der Waals surface area contributed by atoms with Crippen molar-refractivity contribution in [2.24, 2.45) is 35.5 Å². The Morgan fingerprint density at radius 1 is 0.556 bits per heavy atom. The molecule has 8 aliphatic carbocycles. The van der Waals surface area contributed by atoms with Gasteiger partial charge in [0, 0.05) is 0 Å². The second-order valence-corrected chi connectivity index (χ2v) is 11.8. The first-order valence-electron chi connectivity index (χ1n) is 12.0. The van der Waals surface area contributed by atoms with Crippen molar-refractivity contribution < 1.29 is 9.47 Å². The lowest BCUT2D eigenvalue weighted by Crippen LogP contribution is -2.56. The molecule has 0 aromatic heterocycles. The first-order chi connectivity index (χ1) is 13.0. The molecule has 8 bridgehead atoms. The molecule has 2 atom stereocenters. The van der Waals surface area contributed by atoms with E-state index in [4.69, 9.17) is 14.8 Å². The van der Waals surface area contributed by atoms with Gasteiger partial charge in [-0.2, -0.15) is 5.32 Å². The van der Waals surface area contributed by atoms with Crippen LogP contribution in [0.4, 0.5) is 0 Å². The van der Waals surface area contributed by atoms with Crippen LogP contribution in [-0.4, -0.2) is 23.7 Å². The van der Waals surface area contributed by atoms with Gasteiger partial charge in [0.2, 0.25) is 0 Å². The van der Waals surface area contributed by atoms with E-state index in [1.165, 1.54) is 77.0 Å². The summed E-state index contributed by atoms with van der Waals surface area (Å²) < 4.78 is 13.4. The fraction of sp³-hybridized carbons (Fsp3) is 1.00. The Morgan fingerprint density at radius 2 is 0.815 bits per heavy atom. The summed E-state index contributed by atoms with van der Waals surface area (Å²) in [6, 6.07) is 0. The summed E-state index contributed by atoms with van der Waals surface area (Å²) in [5, 5.41) is 4.98.